The Morgan fingerprint density at radius 2 is 2.17 bits per heavy atom. The van der Waals surface area contributed by atoms with Crippen molar-refractivity contribution in [3.63, 3.8) is 0 Å². The van der Waals surface area contributed by atoms with Crippen LogP contribution in [-0.4, -0.2) is 28.3 Å². The molecule has 0 radical (unpaired) electrons. The first-order valence-corrected chi connectivity index (χ1v) is 7.17. The number of nitrogens with zero attached hydrogens (tertiary/aromatic N) is 2. The fourth-order valence-corrected chi connectivity index (χ4v) is 2.49. The molecule has 8 heteroatoms. The van der Waals surface area contributed by atoms with Crippen molar-refractivity contribution < 1.29 is 28.0 Å². The lowest BCUT2D eigenvalue weighted by Crippen LogP contribution is -2.07. The van der Waals surface area contributed by atoms with E-state index in [4.69, 9.17) is 8.94 Å². The van der Waals surface area contributed by atoms with Crippen LogP contribution in [0.5, 0.6) is 0 Å². The van der Waals surface area contributed by atoms with Gasteiger partial charge in [-0.2, -0.15) is 0 Å². The minimum atomic E-state index is -1.11. The second kappa shape index (κ2) is 6.04. The SMILES string of the molecule is COC(=O)Cc1nc2cc(C(O)c3c(C)noc3C)oc2cc1F. The van der Waals surface area contributed by atoms with Crippen molar-refractivity contribution in [3.05, 3.63) is 46.4 Å². The molecule has 0 aliphatic rings. The fourth-order valence-electron chi connectivity index (χ4n) is 2.49. The van der Waals surface area contributed by atoms with Gasteiger partial charge < -0.3 is 18.8 Å². The van der Waals surface area contributed by atoms with Crippen LogP contribution in [0.2, 0.25) is 0 Å². The van der Waals surface area contributed by atoms with Gasteiger partial charge in [-0.25, -0.2) is 9.37 Å². The zero-order valence-corrected chi connectivity index (χ0v) is 13.3. The van der Waals surface area contributed by atoms with Crippen molar-refractivity contribution in [3.8, 4) is 0 Å². The van der Waals surface area contributed by atoms with Crippen molar-refractivity contribution in [1.82, 2.24) is 10.1 Å². The summed E-state index contributed by atoms with van der Waals surface area (Å²) in [4.78, 5) is 15.4. The molecule has 3 aromatic heterocycles. The van der Waals surface area contributed by atoms with Gasteiger partial charge in [-0.15, -0.1) is 0 Å². The largest absolute Gasteiger partial charge is 0.469 e. The van der Waals surface area contributed by atoms with Crippen LogP contribution in [0.1, 0.15) is 34.6 Å². The van der Waals surface area contributed by atoms with Gasteiger partial charge >= 0.3 is 5.97 Å². The molecule has 0 aliphatic carbocycles. The summed E-state index contributed by atoms with van der Waals surface area (Å²) in [7, 11) is 1.22. The van der Waals surface area contributed by atoms with Crippen molar-refractivity contribution in [2.75, 3.05) is 7.11 Å². The summed E-state index contributed by atoms with van der Waals surface area (Å²) in [5, 5.41) is 14.3. The Bertz CT molecular complexity index is 895. The number of carbonyl (C=O) groups excluding carboxylic acids is 1. The predicted octanol–water partition coefficient (Wildman–Crippen LogP) is 2.37. The molecule has 0 saturated heterocycles. The number of aryl methyl sites for hydroxylation is 2. The first-order chi connectivity index (χ1) is 11.4. The van der Waals surface area contributed by atoms with E-state index in [2.05, 4.69) is 14.9 Å². The zero-order chi connectivity index (χ0) is 17.4. The maximum atomic E-state index is 14.0. The Kier molecular flexibility index (Phi) is 4.06. The smallest absolute Gasteiger partial charge is 0.311 e. The molecule has 126 valence electrons. The lowest BCUT2D eigenvalue weighted by Gasteiger charge is -2.06. The van der Waals surface area contributed by atoms with E-state index in [1.165, 1.54) is 13.2 Å². The van der Waals surface area contributed by atoms with Crippen molar-refractivity contribution in [2.24, 2.45) is 0 Å². The summed E-state index contributed by atoms with van der Waals surface area (Å²) < 4.78 is 29.0. The van der Waals surface area contributed by atoms with E-state index in [0.717, 1.165) is 6.07 Å². The maximum absolute atomic E-state index is 14.0. The van der Waals surface area contributed by atoms with Crippen LogP contribution in [0.25, 0.3) is 11.1 Å². The summed E-state index contributed by atoms with van der Waals surface area (Å²) >= 11 is 0. The number of carbonyl (C=O) groups is 1. The third kappa shape index (κ3) is 2.76. The minimum Gasteiger partial charge on any atom is -0.469 e. The molecular formula is C16H15FN2O5. The number of furan rings is 1. The van der Waals surface area contributed by atoms with E-state index < -0.39 is 17.9 Å². The number of aromatic nitrogens is 2. The molecular weight excluding hydrogens is 319 g/mol. The zero-order valence-electron chi connectivity index (χ0n) is 13.3. The van der Waals surface area contributed by atoms with Crippen molar-refractivity contribution in [1.29, 1.82) is 0 Å². The normalized spacial score (nSPS) is 12.5. The molecule has 0 fully saturated rings. The van der Waals surface area contributed by atoms with Crippen molar-refractivity contribution in [2.45, 2.75) is 26.4 Å². The highest BCUT2D eigenvalue weighted by Crippen LogP contribution is 2.31. The summed E-state index contributed by atoms with van der Waals surface area (Å²) in [5.74, 6) is -0.631. The summed E-state index contributed by atoms with van der Waals surface area (Å²) in [6.45, 7) is 3.37. The molecule has 3 heterocycles. The van der Waals surface area contributed by atoms with Crippen LogP contribution in [-0.2, 0) is 16.0 Å². The van der Waals surface area contributed by atoms with Gasteiger partial charge in [0.05, 0.1) is 30.5 Å². The summed E-state index contributed by atoms with van der Waals surface area (Å²) in [6, 6.07) is 2.62. The Morgan fingerprint density at radius 3 is 2.79 bits per heavy atom. The fraction of sp³-hybridized carbons (Fsp3) is 0.312. The first kappa shape index (κ1) is 16.1. The lowest BCUT2D eigenvalue weighted by atomic mass is 10.1. The van der Waals surface area contributed by atoms with Gasteiger partial charge in [-0.05, 0) is 13.8 Å². The van der Waals surface area contributed by atoms with Gasteiger partial charge in [0.1, 0.15) is 29.0 Å². The number of aliphatic hydroxyl groups is 1. The number of hydrogen-bond acceptors (Lipinski definition) is 7. The molecule has 3 rings (SSSR count). The molecule has 7 nitrogen and oxygen atoms in total. The molecule has 1 N–H and O–H groups in total. The number of ether oxygens (including phenoxy) is 1. The van der Waals surface area contributed by atoms with Gasteiger partial charge in [-0.1, -0.05) is 5.16 Å². The highest BCUT2D eigenvalue weighted by Gasteiger charge is 2.24. The third-order valence-electron chi connectivity index (χ3n) is 3.72. The molecule has 0 saturated carbocycles. The molecule has 0 amide bonds. The van der Waals surface area contributed by atoms with Crippen LogP contribution in [0.4, 0.5) is 4.39 Å². The van der Waals surface area contributed by atoms with Crippen LogP contribution < -0.4 is 0 Å². The molecule has 1 unspecified atom stereocenters. The lowest BCUT2D eigenvalue weighted by molar-refractivity contribution is -0.139. The minimum absolute atomic E-state index is 0.0477. The Hall–Kier alpha value is -2.74. The Balaban J connectivity index is 2.01. The summed E-state index contributed by atoms with van der Waals surface area (Å²) in [5.41, 5.74) is 1.47. The van der Waals surface area contributed by atoms with Crippen LogP contribution in [0.3, 0.4) is 0 Å². The summed E-state index contributed by atoms with van der Waals surface area (Å²) in [6.07, 6.45) is -1.40. The van der Waals surface area contributed by atoms with E-state index in [0.29, 0.717) is 22.5 Å². The van der Waals surface area contributed by atoms with Gasteiger partial charge in [0.15, 0.2) is 5.58 Å². The molecule has 1 atom stereocenters. The number of hydrogen-bond donors (Lipinski definition) is 1. The third-order valence-corrected chi connectivity index (χ3v) is 3.72. The van der Waals surface area contributed by atoms with Gasteiger partial charge in [-0.3, -0.25) is 4.79 Å². The number of rotatable bonds is 4. The van der Waals surface area contributed by atoms with Crippen molar-refractivity contribution >= 4 is 17.1 Å². The van der Waals surface area contributed by atoms with Crippen LogP contribution in [0.15, 0.2) is 21.1 Å². The van der Waals surface area contributed by atoms with E-state index in [-0.39, 0.29) is 23.5 Å². The number of pyridine rings is 1. The van der Waals surface area contributed by atoms with E-state index >= 15 is 0 Å². The first-order valence-electron chi connectivity index (χ1n) is 7.17. The van der Waals surface area contributed by atoms with E-state index in [1.54, 1.807) is 13.8 Å². The average Bonchev–Trinajstić information content (AvgIpc) is 3.10. The predicted molar refractivity (Wildman–Crippen MR) is 79.7 cm³/mol. The monoisotopic (exact) mass is 334 g/mol. The van der Waals surface area contributed by atoms with E-state index in [1.807, 2.05) is 0 Å². The number of halogens is 1. The second-order valence-corrected chi connectivity index (χ2v) is 5.34. The number of methoxy groups -OCH3 is 1. The number of esters is 1. The Labute approximate surface area is 136 Å². The topological polar surface area (TPSA) is 98.6 Å². The molecule has 24 heavy (non-hydrogen) atoms. The maximum Gasteiger partial charge on any atom is 0.311 e. The molecule has 0 aromatic carbocycles. The highest BCUT2D eigenvalue weighted by atomic mass is 19.1. The van der Waals surface area contributed by atoms with Crippen LogP contribution >= 0.6 is 0 Å². The average molecular weight is 334 g/mol. The molecule has 0 aliphatic heterocycles. The number of aliphatic hydroxyl groups excluding tert-OH is 1. The standard InChI is InChI=1S/C16H15FN2O5/c1-7-15(8(2)24-19-7)16(21)13-5-11-12(23-13)4-9(17)10(18-11)6-14(20)22-3/h4-5,16,21H,6H2,1-3H3. The highest BCUT2D eigenvalue weighted by molar-refractivity contribution is 5.76. The van der Waals surface area contributed by atoms with Gasteiger partial charge in [0.2, 0.25) is 0 Å². The molecule has 0 spiro atoms. The quantitative estimate of drug-likeness (QED) is 0.731. The van der Waals surface area contributed by atoms with Gasteiger partial charge in [0.25, 0.3) is 0 Å². The van der Waals surface area contributed by atoms with Crippen LogP contribution in [0, 0.1) is 19.7 Å². The molecule has 0 bridgehead atoms. The van der Waals surface area contributed by atoms with E-state index in [9.17, 15) is 14.3 Å². The van der Waals surface area contributed by atoms with Gasteiger partial charge in [0, 0.05) is 12.1 Å². The Morgan fingerprint density at radius 1 is 1.42 bits per heavy atom. The second-order valence-electron chi connectivity index (χ2n) is 5.34. The number of fused-ring (bicyclic) bond motifs is 1. The molecule has 3 aromatic rings.